The lowest BCUT2D eigenvalue weighted by atomic mass is 9.81. The molecule has 0 bridgehead atoms. The van der Waals surface area contributed by atoms with Crippen molar-refractivity contribution < 1.29 is 5.11 Å². The third-order valence-electron chi connectivity index (χ3n) is 2.35. The monoisotopic (exact) mass is 128 g/mol. The van der Waals surface area contributed by atoms with Crippen molar-refractivity contribution in [2.24, 2.45) is 5.92 Å². The summed E-state index contributed by atoms with van der Waals surface area (Å²) in [5.41, 5.74) is -0.341. The van der Waals surface area contributed by atoms with Crippen LogP contribution in [0.3, 0.4) is 0 Å². The Hall–Kier alpha value is -0.0400. The van der Waals surface area contributed by atoms with E-state index < -0.39 is 0 Å². The van der Waals surface area contributed by atoms with Crippen LogP contribution in [0.2, 0.25) is 0 Å². The molecule has 0 aromatic rings. The van der Waals surface area contributed by atoms with Crippen molar-refractivity contribution in [2.45, 2.75) is 45.1 Å². The summed E-state index contributed by atoms with van der Waals surface area (Å²) in [5.74, 6) is 0.838. The number of hydrogen-bond acceptors (Lipinski definition) is 1. The molecular weight excluding hydrogens is 112 g/mol. The van der Waals surface area contributed by atoms with Gasteiger partial charge in [0.2, 0.25) is 0 Å². The normalized spacial score (nSPS) is 45.0. The van der Waals surface area contributed by atoms with E-state index >= 15 is 0 Å². The molecule has 1 nitrogen and oxygen atoms in total. The molecule has 1 fully saturated rings. The average Bonchev–Trinajstić information content (AvgIpc) is 1.78. The van der Waals surface area contributed by atoms with E-state index in [9.17, 15) is 5.11 Å². The van der Waals surface area contributed by atoms with E-state index in [1.807, 2.05) is 6.92 Å². The standard InChI is InChI=1S/C8H16O/c1-7-3-5-8(2,9)6-4-7/h7,9H,3-6H2,1-2H3/t7-,8-. The summed E-state index contributed by atoms with van der Waals surface area (Å²) in [6.07, 6.45) is 4.39. The highest BCUT2D eigenvalue weighted by Crippen LogP contribution is 2.30. The lowest BCUT2D eigenvalue weighted by Crippen LogP contribution is -2.29. The minimum atomic E-state index is -0.341. The SMILES string of the molecule is C[C@H]1CC[C@](C)(O)CC1. The first-order valence-electron chi connectivity index (χ1n) is 3.82. The molecule has 0 spiro atoms. The predicted octanol–water partition coefficient (Wildman–Crippen LogP) is 1.95. The largest absolute Gasteiger partial charge is 0.390 e. The van der Waals surface area contributed by atoms with E-state index in [1.54, 1.807) is 0 Å². The van der Waals surface area contributed by atoms with Crippen LogP contribution in [0.5, 0.6) is 0 Å². The lowest BCUT2D eigenvalue weighted by Gasteiger charge is -2.31. The van der Waals surface area contributed by atoms with Gasteiger partial charge in [-0.3, -0.25) is 0 Å². The lowest BCUT2D eigenvalue weighted by molar-refractivity contribution is 0.0104. The summed E-state index contributed by atoms with van der Waals surface area (Å²) < 4.78 is 0. The van der Waals surface area contributed by atoms with Gasteiger partial charge in [0, 0.05) is 0 Å². The van der Waals surface area contributed by atoms with Gasteiger partial charge < -0.3 is 5.11 Å². The minimum Gasteiger partial charge on any atom is -0.390 e. The van der Waals surface area contributed by atoms with Crippen LogP contribution in [0.25, 0.3) is 0 Å². The van der Waals surface area contributed by atoms with Gasteiger partial charge in [0.1, 0.15) is 0 Å². The van der Waals surface area contributed by atoms with E-state index in [-0.39, 0.29) is 5.60 Å². The summed E-state index contributed by atoms with van der Waals surface area (Å²) in [4.78, 5) is 0. The molecule has 1 saturated carbocycles. The van der Waals surface area contributed by atoms with Gasteiger partial charge in [-0.2, -0.15) is 0 Å². The molecule has 0 aromatic carbocycles. The topological polar surface area (TPSA) is 20.2 Å². The van der Waals surface area contributed by atoms with Crippen molar-refractivity contribution in [1.82, 2.24) is 0 Å². The van der Waals surface area contributed by atoms with E-state index in [0.717, 1.165) is 18.8 Å². The van der Waals surface area contributed by atoms with Gasteiger partial charge in [-0.15, -0.1) is 0 Å². The van der Waals surface area contributed by atoms with E-state index in [1.165, 1.54) is 12.8 Å². The van der Waals surface area contributed by atoms with Crippen LogP contribution < -0.4 is 0 Å². The van der Waals surface area contributed by atoms with E-state index in [4.69, 9.17) is 0 Å². The number of aliphatic hydroxyl groups is 1. The van der Waals surface area contributed by atoms with Crippen molar-refractivity contribution in [2.75, 3.05) is 0 Å². The first kappa shape index (κ1) is 7.07. The predicted molar refractivity (Wildman–Crippen MR) is 38.3 cm³/mol. The quantitative estimate of drug-likeness (QED) is 0.528. The molecule has 0 saturated heterocycles. The Morgan fingerprint density at radius 2 is 1.78 bits per heavy atom. The molecule has 1 heteroatoms. The summed E-state index contributed by atoms with van der Waals surface area (Å²) in [6.45, 7) is 4.20. The molecule has 0 atom stereocenters. The number of hydrogen-bond donors (Lipinski definition) is 1. The molecule has 9 heavy (non-hydrogen) atoms. The zero-order valence-corrected chi connectivity index (χ0v) is 6.35. The van der Waals surface area contributed by atoms with Gasteiger partial charge >= 0.3 is 0 Å². The minimum absolute atomic E-state index is 0.341. The highest BCUT2D eigenvalue weighted by molar-refractivity contribution is 4.79. The Morgan fingerprint density at radius 3 is 2.11 bits per heavy atom. The highest BCUT2D eigenvalue weighted by atomic mass is 16.3. The van der Waals surface area contributed by atoms with Crippen molar-refractivity contribution in [3.05, 3.63) is 0 Å². The van der Waals surface area contributed by atoms with Crippen LogP contribution in [-0.2, 0) is 0 Å². The summed E-state index contributed by atoms with van der Waals surface area (Å²) in [5, 5.41) is 9.49. The van der Waals surface area contributed by atoms with E-state index in [0.29, 0.717) is 0 Å². The maximum absolute atomic E-state index is 9.49. The van der Waals surface area contributed by atoms with E-state index in [2.05, 4.69) is 6.92 Å². The summed E-state index contributed by atoms with van der Waals surface area (Å²) in [6, 6.07) is 0. The fourth-order valence-corrected chi connectivity index (χ4v) is 1.38. The first-order chi connectivity index (χ1) is 4.10. The smallest absolute Gasteiger partial charge is 0.0620 e. The van der Waals surface area contributed by atoms with Crippen LogP contribution >= 0.6 is 0 Å². The summed E-state index contributed by atoms with van der Waals surface area (Å²) in [7, 11) is 0. The molecule has 0 aromatic heterocycles. The molecule has 0 aliphatic heterocycles. The third kappa shape index (κ3) is 1.98. The van der Waals surface area contributed by atoms with Crippen LogP contribution in [0.4, 0.5) is 0 Å². The zero-order chi connectivity index (χ0) is 6.91. The molecule has 1 aliphatic carbocycles. The summed E-state index contributed by atoms with van der Waals surface area (Å²) >= 11 is 0. The van der Waals surface area contributed by atoms with Gasteiger partial charge in [0.15, 0.2) is 0 Å². The third-order valence-corrected chi connectivity index (χ3v) is 2.35. The van der Waals surface area contributed by atoms with Gasteiger partial charge in [0.05, 0.1) is 5.60 Å². The highest BCUT2D eigenvalue weighted by Gasteiger charge is 2.26. The molecule has 0 radical (unpaired) electrons. The van der Waals surface area contributed by atoms with Gasteiger partial charge in [-0.05, 0) is 38.5 Å². The van der Waals surface area contributed by atoms with Crippen LogP contribution in [0.1, 0.15) is 39.5 Å². The fourth-order valence-electron chi connectivity index (χ4n) is 1.38. The maximum Gasteiger partial charge on any atom is 0.0620 e. The number of rotatable bonds is 0. The Labute approximate surface area is 57.1 Å². The first-order valence-corrected chi connectivity index (χ1v) is 3.82. The second-order valence-corrected chi connectivity index (χ2v) is 3.68. The molecule has 1 N–H and O–H groups in total. The van der Waals surface area contributed by atoms with Crippen molar-refractivity contribution in [1.29, 1.82) is 0 Å². The second kappa shape index (κ2) is 2.30. The van der Waals surface area contributed by atoms with Gasteiger partial charge in [0.25, 0.3) is 0 Å². The Kier molecular flexibility index (Phi) is 1.80. The molecule has 1 rings (SSSR count). The molecule has 54 valence electrons. The average molecular weight is 128 g/mol. The molecule has 0 amide bonds. The fraction of sp³-hybridized carbons (Fsp3) is 1.00. The van der Waals surface area contributed by atoms with Crippen molar-refractivity contribution in [3.8, 4) is 0 Å². The van der Waals surface area contributed by atoms with Crippen LogP contribution in [0.15, 0.2) is 0 Å². The molecule has 1 aliphatic rings. The Morgan fingerprint density at radius 1 is 1.33 bits per heavy atom. The molecule has 0 unspecified atom stereocenters. The van der Waals surface area contributed by atoms with Crippen LogP contribution in [-0.4, -0.2) is 10.7 Å². The van der Waals surface area contributed by atoms with Gasteiger partial charge in [-0.25, -0.2) is 0 Å². The van der Waals surface area contributed by atoms with Crippen molar-refractivity contribution >= 4 is 0 Å². The van der Waals surface area contributed by atoms with Crippen LogP contribution in [0, 0.1) is 5.92 Å². The zero-order valence-electron chi connectivity index (χ0n) is 6.35. The maximum atomic E-state index is 9.49. The molecular formula is C8H16O. The van der Waals surface area contributed by atoms with Gasteiger partial charge in [-0.1, -0.05) is 6.92 Å². The van der Waals surface area contributed by atoms with Crippen molar-refractivity contribution in [3.63, 3.8) is 0 Å². The Bertz CT molecular complexity index is 86.7. The Balaban J connectivity index is 2.35. The second-order valence-electron chi connectivity index (χ2n) is 3.68. The molecule has 0 heterocycles.